The summed E-state index contributed by atoms with van der Waals surface area (Å²) < 4.78 is 10.7. The zero-order valence-corrected chi connectivity index (χ0v) is 17.0. The minimum Gasteiger partial charge on any atom is -0.463 e. The highest BCUT2D eigenvalue weighted by Gasteiger charge is 2.44. The molecule has 9 nitrogen and oxygen atoms in total. The van der Waals surface area contributed by atoms with Gasteiger partial charge in [-0.2, -0.15) is 5.01 Å². The van der Waals surface area contributed by atoms with Crippen molar-refractivity contribution in [1.29, 1.82) is 0 Å². The van der Waals surface area contributed by atoms with Gasteiger partial charge >= 0.3 is 11.9 Å². The van der Waals surface area contributed by atoms with Crippen LogP contribution >= 0.6 is 0 Å². The number of rotatable bonds is 5. The molecule has 3 unspecified atom stereocenters. The third-order valence-electron chi connectivity index (χ3n) is 5.53. The van der Waals surface area contributed by atoms with Gasteiger partial charge in [-0.3, -0.25) is 15.4 Å². The standard InChI is InChI=1S/C21H24N4O5/c1-4-29-21(26)15-11-22-24-17(14-6-5-12(2)9-13(14)3)10-16(23-20(15)24)18-7-8-19(30-18)25(27)28/h5-9,11,16-17,20,22-23H,4,10H2,1-3H3. The van der Waals surface area contributed by atoms with E-state index in [9.17, 15) is 14.9 Å². The third-order valence-corrected chi connectivity index (χ3v) is 5.53. The molecular formula is C21H24N4O5. The summed E-state index contributed by atoms with van der Waals surface area (Å²) in [5, 5.41) is 16.4. The lowest BCUT2D eigenvalue weighted by Crippen LogP contribution is -2.55. The van der Waals surface area contributed by atoms with Gasteiger partial charge in [0.05, 0.1) is 30.3 Å². The van der Waals surface area contributed by atoms with E-state index in [2.05, 4.69) is 35.9 Å². The predicted octanol–water partition coefficient (Wildman–Crippen LogP) is 3.17. The van der Waals surface area contributed by atoms with Gasteiger partial charge in [0, 0.05) is 6.20 Å². The summed E-state index contributed by atoms with van der Waals surface area (Å²) in [5.74, 6) is -0.246. The van der Waals surface area contributed by atoms with Crippen molar-refractivity contribution >= 4 is 11.9 Å². The van der Waals surface area contributed by atoms with Crippen LogP contribution in [-0.4, -0.2) is 28.7 Å². The summed E-state index contributed by atoms with van der Waals surface area (Å²) >= 11 is 0. The number of fused-ring (bicyclic) bond motifs is 1. The largest absolute Gasteiger partial charge is 0.463 e. The Bertz CT molecular complexity index is 1010. The summed E-state index contributed by atoms with van der Waals surface area (Å²) in [7, 11) is 0. The number of benzene rings is 1. The van der Waals surface area contributed by atoms with Crippen molar-refractivity contribution in [3.05, 3.63) is 74.7 Å². The quantitative estimate of drug-likeness (QED) is 0.438. The summed E-state index contributed by atoms with van der Waals surface area (Å²) in [5.41, 5.74) is 7.08. The number of carbonyl (C=O) groups is 1. The van der Waals surface area contributed by atoms with Gasteiger partial charge in [-0.05, 0) is 44.4 Å². The van der Waals surface area contributed by atoms with E-state index in [0.29, 0.717) is 17.8 Å². The molecule has 0 spiro atoms. The summed E-state index contributed by atoms with van der Waals surface area (Å²) in [4.78, 5) is 23.0. The Morgan fingerprint density at radius 2 is 2.13 bits per heavy atom. The second kappa shape index (κ2) is 7.92. The molecule has 4 rings (SSSR count). The number of furan rings is 1. The molecule has 9 heteroatoms. The summed E-state index contributed by atoms with van der Waals surface area (Å²) in [6.45, 7) is 6.14. The van der Waals surface area contributed by atoms with Crippen molar-refractivity contribution in [2.45, 2.75) is 45.4 Å². The lowest BCUT2D eigenvalue weighted by molar-refractivity contribution is -0.402. The van der Waals surface area contributed by atoms with Crippen LogP contribution < -0.4 is 10.7 Å². The summed E-state index contributed by atoms with van der Waals surface area (Å²) in [6.07, 6.45) is 1.79. The zero-order chi connectivity index (χ0) is 21.4. The first-order chi connectivity index (χ1) is 14.4. The van der Waals surface area contributed by atoms with E-state index in [1.165, 1.54) is 11.6 Å². The first-order valence-electron chi connectivity index (χ1n) is 9.88. The van der Waals surface area contributed by atoms with Crippen LogP contribution in [0.15, 0.2) is 46.5 Å². The Balaban J connectivity index is 1.70. The van der Waals surface area contributed by atoms with E-state index in [1.807, 2.05) is 11.9 Å². The number of carbonyl (C=O) groups excluding carboxylic acids is 1. The molecule has 3 atom stereocenters. The molecule has 30 heavy (non-hydrogen) atoms. The van der Waals surface area contributed by atoms with Gasteiger partial charge in [-0.1, -0.05) is 23.8 Å². The smallest absolute Gasteiger partial charge is 0.433 e. The highest BCUT2D eigenvalue weighted by Crippen LogP contribution is 2.41. The maximum atomic E-state index is 12.5. The van der Waals surface area contributed by atoms with Crippen LogP contribution in [-0.2, 0) is 9.53 Å². The van der Waals surface area contributed by atoms with Crippen molar-refractivity contribution in [2.24, 2.45) is 0 Å². The number of esters is 1. The van der Waals surface area contributed by atoms with Gasteiger partial charge < -0.3 is 14.6 Å². The molecule has 0 radical (unpaired) electrons. The average Bonchev–Trinajstić information content (AvgIpc) is 3.35. The van der Waals surface area contributed by atoms with Gasteiger partial charge in [0.1, 0.15) is 16.8 Å². The van der Waals surface area contributed by atoms with Crippen molar-refractivity contribution in [2.75, 3.05) is 6.61 Å². The number of aryl methyl sites for hydroxylation is 2. The molecule has 0 amide bonds. The molecule has 3 heterocycles. The highest BCUT2D eigenvalue weighted by molar-refractivity contribution is 5.90. The average molecular weight is 412 g/mol. The molecule has 158 valence electrons. The molecule has 0 aliphatic carbocycles. The Labute approximate surface area is 173 Å². The van der Waals surface area contributed by atoms with Gasteiger partial charge in [-0.25, -0.2) is 4.79 Å². The van der Waals surface area contributed by atoms with Crippen LogP contribution in [0.4, 0.5) is 5.88 Å². The topological polar surface area (TPSA) is 110 Å². The predicted molar refractivity (Wildman–Crippen MR) is 108 cm³/mol. The SMILES string of the molecule is CCOC(=O)C1=CNN2C1NC(c1ccc([N+](=O)[O-])o1)CC2c1ccc(C)cc1C. The number of hydrogen-bond donors (Lipinski definition) is 2. The van der Waals surface area contributed by atoms with E-state index in [4.69, 9.17) is 9.15 Å². The van der Waals surface area contributed by atoms with Crippen LogP contribution in [0.5, 0.6) is 0 Å². The molecule has 1 aromatic heterocycles. The molecule has 1 saturated heterocycles. The number of nitrogens with zero attached hydrogens (tertiary/aromatic N) is 2. The number of ether oxygens (including phenoxy) is 1. The molecule has 2 aromatic rings. The molecular weight excluding hydrogens is 388 g/mol. The second-order valence-electron chi connectivity index (χ2n) is 7.52. The van der Waals surface area contributed by atoms with Crippen LogP contribution in [0.2, 0.25) is 0 Å². The Hall–Kier alpha value is -3.17. The van der Waals surface area contributed by atoms with Crippen LogP contribution in [0.1, 0.15) is 47.9 Å². The Morgan fingerprint density at radius 3 is 2.80 bits per heavy atom. The van der Waals surface area contributed by atoms with E-state index in [1.54, 1.807) is 19.2 Å². The minimum atomic E-state index is -0.554. The van der Waals surface area contributed by atoms with Gasteiger partial charge in [0.2, 0.25) is 0 Å². The van der Waals surface area contributed by atoms with Crippen LogP contribution in [0.25, 0.3) is 0 Å². The normalized spacial score (nSPS) is 23.4. The van der Waals surface area contributed by atoms with E-state index in [0.717, 1.165) is 11.1 Å². The Kier molecular flexibility index (Phi) is 5.31. The second-order valence-corrected chi connectivity index (χ2v) is 7.52. The molecule has 1 fully saturated rings. The number of hydrazine groups is 1. The lowest BCUT2D eigenvalue weighted by Gasteiger charge is -2.42. The Morgan fingerprint density at radius 1 is 1.33 bits per heavy atom. The van der Waals surface area contributed by atoms with Crippen molar-refractivity contribution in [3.8, 4) is 0 Å². The van der Waals surface area contributed by atoms with Gasteiger partial charge in [-0.15, -0.1) is 0 Å². The number of hydrogen-bond acceptors (Lipinski definition) is 8. The first-order valence-corrected chi connectivity index (χ1v) is 9.88. The van der Waals surface area contributed by atoms with Crippen molar-refractivity contribution < 1.29 is 18.9 Å². The number of nitro groups is 1. The van der Waals surface area contributed by atoms with E-state index in [-0.39, 0.29) is 24.6 Å². The maximum absolute atomic E-state index is 12.5. The molecule has 2 aliphatic rings. The van der Waals surface area contributed by atoms with Gasteiger partial charge in [0.25, 0.3) is 0 Å². The van der Waals surface area contributed by atoms with Crippen molar-refractivity contribution in [3.63, 3.8) is 0 Å². The zero-order valence-electron chi connectivity index (χ0n) is 17.0. The van der Waals surface area contributed by atoms with Crippen molar-refractivity contribution in [1.82, 2.24) is 15.8 Å². The molecule has 0 saturated carbocycles. The monoisotopic (exact) mass is 412 g/mol. The fraction of sp³-hybridized carbons (Fsp3) is 0.381. The molecule has 2 aliphatic heterocycles. The highest BCUT2D eigenvalue weighted by atomic mass is 16.6. The fourth-order valence-electron chi connectivity index (χ4n) is 4.17. The number of nitrogens with one attached hydrogen (secondary N) is 2. The van der Waals surface area contributed by atoms with Gasteiger partial charge in [0.15, 0.2) is 0 Å². The molecule has 1 aromatic carbocycles. The van der Waals surface area contributed by atoms with E-state index < -0.39 is 17.1 Å². The fourth-order valence-corrected chi connectivity index (χ4v) is 4.17. The maximum Gasteiger partial charge on any atom is 0.433 e. The van der Waals surface area contributed by atoms with Crippen LogP contribution in [0, 0.1) is 24.0 Å². The molecule has 0 bridgehead atoms. The first kappa shape index (κ1) is 20.1. The third kappa shape index (κ3) is 3.57. The van der Waals surface area contributed by atoms with Crippen LogP contribution in [0.3, 0.4) is 0 Å². The van der Waals surface area contributed by atoms with E-state index >= 15 is 0 Å². The lowest BCUT2D eigenvalue weighted by atomic mass is 9.90. The molecule has 2 N–H and O–H groups in total. The minimum absolute atomic E-state index is 0.0887. The summed E-state index contributed by atoms with van der Waals surface area (Å²) in [6, 6.07) is 8.82.